The van der Waals surface area contributed by atoms with Crippen LogP contribution in [0.15, 0.2) is 60.0 Å². The Morgan fingerprint density at radius 2 is 1.93 bits per heavy atom. The lowest BCUT2D eigenvalue weighted by Crippen LogP contribution is -2.22. The number of pyridine rings is 1. The van der Waals surface area contributed by atoms with Crippen LogP contribution in [0.3, 0.4) is 0 Å². The second-order valence-electron chi connectivity index (χ2n) is 7.16. The Labute approximate surface area is 162 Å². The molecule has 0 bridgehead atoms. The van der Waals surface area contributed by atoms with Crippen molar-refractivity contribution in [3.05, 3.63) is 65.6 Å². The Hall–Kier alpha value is -3.48. The molecule has 0 unspecified atom stereocenters. The summed E-state index contributed by atoms with van der Waals surface area (Å²) in [5.41, 5.74) is 2.28. The van der Waals surface area contributed by atoms with Gasteiger partial charge in [0, 0.05) is 37.6 Å². The molecule has 0 saturated heterocycles. The number of rotatable bonds is 5. The third-order valence-electron chi connectivity index (χ3n) is 4.33. The first kappa shape index (κ1) is 17.9. The predicted octanol–water partition coefficient (Wildman–Crippen LogP) is 3.64. The van der Waals surface area contributed by atoms with Crippen LogP contribution in [0.25, 0.3) is 22.2 Å². The number of hydrogen-bond acceptors (Lipinski definition) is 5. The monoisotopic (exact) mass is 375 g/mol. The molecule has 0 aliphatic heterocycles. The second-order valence-corrected chi connectivity index (χ2v) is 7.16. The zero-order valence-electron chi connectivity index (χ0n) is 16.0. The van der Waals surface area contributed by atoms with Crippen LogP contribution in [0.4, 0.5) is 0 Å². The molecule has 4 rings (SSSR count). The van der Waals surface area contributed by atoms with Gasteiger partial charge in [0.2, 0.25) is 0 Å². The lowest BCUT2D eigenvalue weighted by molar-refractivity contribution is 0.482. The molecule has 0 amide bonds. The van der Waals surface area contributed by atoms with Crippen molar-refractivity contribution in [2.24, 2.45) is 13.0 Å². The summed E-state index contributed by atoms with van der Waals surface area (Å²) >= 11 is 0. The Morgan fingerprint density at radius 3 is 2.68 bits per heavy atom. The number of aryl methyl sites for hydroxylation is 1. The van der Waals surface area contributed by atoms with Crippen molar-refractivity contribution in [3.63, 3.8) is 0 Å². The van der Waals surface area contributed by atoms with Gasteiger partial charge in [-0.3, -0.25) is 19.0 Å². The maximum Gasteiger partial charge on any atom is 0.261 e. The van der Waals surface area contributed by atoms with Crippen LogP contribution in [0.5, 0.6) is 11.5 Å². The number of ether oxygens (including phenoxy) is 1. The quantitative estimate of drug-likeness (QED) is 0.532. The minimum Gasteiger partial charge on any atom is -0.457 e. The predicted molar refractivity (Wildman–Crippen MR) is 107 cm³/mol. The summed E-state index contributed by atoms with van der Waals surface area (Å²) in [6.07, 6.45) is 6.94. The Bertz CT molecular complexity index is 1190. The highest BCUT2D eigenvalue weighted by Gasteiger charge is 2.09. The van der Waals surface area contributed by atoms with E-state index in [0.717, 1.165) is 11.3 Å². The molecule has 0 N–H and O–H groups in total. The molecule has 28 heavy (non-hydrogen) atoms. The van der Waals surface area contributed by atoms with Crippen molar-refractivity contribution in [3.8, 4) is 22.8 Å². The zero-order chi connectivity index (χ0) is 19.7. The van der Waals surface area contributed by atoms with E-state index in [1.165, 1.54) is 0 Å². The van der Waals surface area contributed by atoms with E-state index in [9.17, 15) is 4.79 Å². The minimum atomic E-state index is -0.0603. The summed E-state index contributed by atoms with van der Waals surface area (Å²) < 4.78 is 9.36. The fourth-order valence-corrected chi connectivity index (χ4v) is 3.05. The van der Waals surface area contributed by atoms with Gasteiger partial charge in [-0.15, -0.1) is 0 Å². The molecule has 7 heteroatoms. The molecule has 0 aliphatic rings. The van der Waals surface area contributed by atoms with Crippen LogP contribution in [0, 0.1) is 5.92 Å². The first-order chi connectivity index (χ1) is 13.5. The minimum absolute atomic E-state index is 0.0603. The molecule has 0 atom stereocenters. The summed E-state index contributed by atoms with van der Waals surface area (Å²) in [7, 11) is 1.86. The fraction of sp³-hybridized carbons (Fsp3) is 0.238. The van der Waals surface area contributed by atoms with Crippen molar-refractivity contribution in [2.45, 2.75) is 20.4 Å². The summed E-state index contributed by atoms with van der Waals surface area (Å²) in [6.45, 7) is 4.77. The van der Waals surface area contributed by atoms with Crippen molar-refractivity contribution in [1.82, 2.24) is 24.3 Å². The highest BCUT2D eigenvalue weighted by atomic mass is 16.5. The molecule has 3 heterocycles. The average Bonchev–Trinajstić information content (AvgIpc) is 3.11. The second kappa shape index (κ2) is 7.26. The van der Waals surface area contributed by atoms with Gasteiger partial charge in [-0.2, -0.15) is 5.10 Å². The molecule has 0 saturated carbocycles. The molecular formula is C21H21N5O2. The topological polar surface area (TPSA) is 74.8 Å². The molecule has 1 aromatic carbocycles. The third kappa shape index (κ3) is 3.64. The molecule has 0 fully saturated rings. The van der Waals surface area contributed by atoms with E-state index in [1.54, 1.807) is 46.2 Å². The molecule has 0 spiro atoms. The SMILES string of the molecule is CC(C)Cn1cnc2ccc(Oc3ccnc(-c4cnn(C)c4)c3)cc2c1=O. The van der Waals surface area contributed by atoms with Gasteiger partial charge in [0.15, 0.2) is 0 Å². The highest BCUT2D eigenvalue weighted by molar-refractivity contribution is 5.79. The molecule has 0 radical (unpaired) electrons. The van der Waals surface area contributed by atoms with Crippen LogP contribution in [0.1, 0.15) is 13.8 Å². The standard InChI is InChI=1S/C21H21N5O2/c1-14(2)11-26-13-23-19-5-4-16(8-18(19)21(26)27)28-17-6-7-22-20(9-17)15-10-24-25(3)12-15/h4-10,12-14H,11H2,1-3H3. The van der Waals surface area contributed by atoms with Gasteiger partial charge in [-0.25, -0.2) is 4.98 Å². The van der Waals surface area contributed by atoms with Crippen molar-refractivity contribution in [1.29, 1.82) is 0 Å². The number of fused-ring (bicyclic) bond motifs is 1. The van der Waals surface area contributed by atoms with E-state index in [2.05, 4.69) is 28.9 Å². The van der Waals surface area contributed by atoms with Crippen molar-refractivity contribution in [2.75, 3.05) is 0 Å². The van der Waals surface area contributed by atoms with Crippen molar-refractivity contribution < 1.29 is 4.74 Å². The molecule has 4 aromatic rings. The lowest BCUT2D eigenvalue weighted by Gasteiger charge is -2.10. The van der Waals surface area contributed by atoms with Crippen LogP contribution >= 0.6 is 0 Å². The van der Waals surface area contributed by atoms with Gasteiger partial charge in [0.05, 0.1) is 29.1 Å². The largest absolute Gasteiger partial charge is 0.457 e. The Kier molecular flexibility index (Phi) is 4.65. The van der Waals surface area contributed by atoms with Gasteiger partial charge in [-0.05, 0) is 30.2 Å². The molecular weight excluding hydrogens is 354 g/mol. The average molecular weight is 375 g/mol. The van der Waals surface area contributed by atoms with Gasteiger partial charge in [0.1, 0.15) is 11.5 Å². The van der Waals surface area contributed by atoms with E-state index >= 15 is 0 Å². The van der Waals surface area contributed by atoms with Crippen LogP contribution in [0.2, 0.25) is 0 Å². The number of nitrogens with zero attached hydrogens (tertiary/aromatic N) is 5. The fourth-order valence-electron chi connectivity index (χ4n) is 3.05. The van der Waals surface area contributed by atoms with E-state index < -0.39 is 0 Å². The van der Waals surface area contributed by atoms with E-state index in [0.29, 0.717) is 34.9 Å². The number of hydrogen-bond donors (Lipinski definition) is 0. The van der Waals surface area contributed by atoms with Crippen molar-refractivity contribution >= 4 is 10.9 Å². The van der Waals surface area contributed by atoms with Gasteiger partial charge in [0.25, 0.3) is 5.56 Å². The maximum atomic E-state index is 12.8. The van der Waals surface area contributed by atoms with Crippen LogP contribution in [-0.4, -0.2) is 24.3 Å². The summed E-state index contributed by atoms with van der Waals surface area (Å²) in [6, 6.07) is 8.98. The highest BCUT2D eigenvalue weighted by Crippen LogP contribution is 2.26. The van der Waals surface area contributed by atoms with Gasteiger partial charge < -0.3 is 4.74 Å². The lowest BCUT2D eigenvalue weighted by atomic mass is 10.2. The van der Waals surface area contributed by atoms with E-state index in [1.807, 2.05) is 25.4 Å². The molecule has 0 aliphatic carbocycles. The Balaban J connectivity index is 1.66. The molecule has 142 valence electrons. The molecule has 7 nitrogen and oxygen atoms in total. The van der Waals surface area contributed by atoms with E-state index in [4.69, 9.17) is 4.74 Å². The normalized spacial score (nSPS) is 11.3. The zero-order valence-corrected chi connectivity index (χ0v) is 16.0. The summed E-state index contributed by atoms with van der Waals surface area (Å²) in [5.74, 6) is 1.58. The van der Waals surface area contributed by atoms with Gasteiger partial charge >= 0.3 is 0 Å². The molecule has 3 aromatic heterocycles. The smallest absolute Gasteiger partial charge is 0.261 e. The number of benzene rings is 1. The van der Waals surface area contributed by atoms with Gasteiger partial charge in [-0.1, -0.05) is 13.8 Å². The first-order valence-corrected chi connectivity index (χ1v) is 9.12. The summed E-state index contributed by atoms with van der Waals surface area (Å²) in [5, 5.41) is 4.71. The Morgan fingerprint density at radius 1 is 1.11 bits per heavy atom. The number of aromatic nitrogens is 5. The first-order valence-electron chi connectivity index (χ1n) is 9.12. The third-order valence-corrected chi connectivity index (χ3v) is 4.33. The van der Waals surface area contributed by atoms with Crippen LogP contribution in [-0.2, 0) is 13.6 Å². The maximum absolute atomic E-state index is 12.8. The van der Waals surface area contributed by atoms with Crippen LogP contribution < -0.4 is 10.3 Å². The van der Waals surface area contributed by atoms with E-state index in [-0.39, 0.29) is 5.56 Å². The summed E-state index contributed by atoms with van der Waals surface area (Å²) in [4.78, 5) is 21.5.